The first kappa shape index (κ1) is 12.4. The molecule has 0 aromatic carbocycles. The largest absolute Gasteiger partial charge is 0.325 e. The third-order valence-electron chi connectivity index (χ3n) is 2.21. The summed E-state index contributed by atoms with van der Waals surface area (Å²) >= 11 is 0. The number of amides is 1. The second-order valence-corrected chi connectivity index (χ2v) is 3.44. The van der Waals surface area contributed by atoms with Crippen molar-refractivity contribution in [3.63, 3.8) is 0 Å². The molecule has 0 unspecified atom stereocenters. The molecule has 0 aliphatic rings. The highest BCUT2D eigenvalue weighted by Crippen LogP contribution is 2.03. The Balaban J connectivity index is 2.67. The average molecular weight is 223 g/mol. The topological polar surface area (TPSA) is 63.1 Å². The van der Waals surface area contributed by atoms with Crippen molar-refractivity contribution in [1.82, 2.24) is 9.88 Å². The van der Waals surface area contributed by atoms with Crippen molar-refractivity contribution in [2.75, 3.05) is 18.9 Å². The Morgan fingerprint density at radius 2 is 2.19 bits per heavy atom. The number of carbonyl (C=O) groups is 1. The molecule has 0 radical (unpaired) electrons. The van der Waals surface area contributed by atoms with E-state index in [4.69, 9.17) is 0 Å². The molecule has 1 heterocycles. The van der Waals surface area contributed by atoms with E-state index in [-0.39, 0.29) is 11.5 Å². The van der Waals surface area contributed by atoms with E-state index in [1.807, 2.05) is 6.92 Å². The zero-order valence-electron chi connectivity index (χ0n) is 9.62. The molecule has 0 fully saturated rings. The number of aromatic nitrogens is 1. The van der Waals surface area contributed by atoms with Gasteiger partial charge in [-0.3, -0.25) is 9.59 Å². The van der Waals surface area contributed by atoms with Gasteiger partial charge in [-0.25, -0.2) is 0 Å². The van der Waals surface area contributed by atoms with Crippen molar-refractivity contribution in [3.8, 4) is 0 Å². The van der Waals surface area contributed by atoms with Gasteiger partial charge in [-0.15, -0.1) is 0 Å². The van der Waals surface area contributed by atoms with Gasteiger partial charge < -0.3 is 15.2 Å². The second-order valence-electron chi connectivity index (χ2n) is 3.44. The lowest BCUT2D eigenvalue weighted by atomic mass is 10.3. The number of rotatable bonds is 5. The average Bonchev–Trinajstić information content (AvgIpc) is 2.29. The second kappa shape index (κ2) is 6.07. The smallest absolute Gasteiger partial charge is 0.250 e. The summed E-state index contributed by atoms with van der Waals surface area (Å²) in [6.07, 6.45) is 2.07. The van der Waals surface area contributed by atoms with Crippen LogP contribution in [0.4, 0.5) is 5.69 Å². The minimum absolute atomic E-state index is 0.0595. The van der Waals surface area contributed by atoms with E-state index >= 15 is 0 Å². The molecule has 16 heavy (non-hydrogen) atoms. The Labute approximate surface area is 94.5 Å². The number of nitrogens with one attached hydrogen (secondary N) is 2. The summed E-state index contributed by atoms with van der Waals surface area (Å²) in [6, 6.07) is 3.07. The van der Waals surface area contributed by atoms with E-state index in [1.54, 1.807) is 23.9 Å². The third-order valence-corrected chi connectivity index (χ3v) is 2.21. The Hall–Kier alpha value is -1.62. The summed E-state index contributed by atoms with van der Waals surface area (Å²) < 4.78 is 1.55. The number of pyridine rings is 1. The fourth-order valence-electron chi connectivity index (χ4n) is 1.31. The van der Waals surface area contributed by atoms with Crippen molar-refractivity contribution in [3.05, 3.63) is 28.7 Å². The standard InChI is InChI=1S/C11H17N3O2/c1-3-14-8-9(4-5-11(14)16)13-10(15)6-7-12-2/h4-5,8,12H,3,6-7H2,1-2H3,(H,13,15). The zero-order chi connectivity index (χ0) is 12.0. The maximum atomic E-state index is 11.4. The van der Waals surface area contributed by atoms with Gasteiger partial charge in [0, 0.05) is 31.8 Å². The molecule has 1 aromatic rings. The minimum atomic E-state index is -0.0596. The SMILES string of the molecule is CCn1cc(NC(=O)CCNC)ccc1=O. The molecule has 1 amide bonds. The molecule has 5 heteroatoms. The van der Waals surface area contributed by atoms with E-state index in [9.17, 15) is 9.59 Å². The predicted octanol–water partition coefficient (Wildman–Crippen LogP) is 0.416. The molecule has 0 saturated carbocycles. The van der Waals surface area contributed by atoms with Gasteiger partial charge in [-0.05, 0) is 20.0 Å². The molecule has 1 aromatic heterocycles. The lowest BCUT2D eigenvalue weighted by molar-refractivity contribution is -0.116. The summed E-state index contributed by atoms with van der Waals surface area (Å²) in [5.74, 6) is -0.0596. The van der Waals surface area contributed by atoms with Crippen LogP contribution in [0.5, 0.6) is 0 Å². The van der Waals surface area contributed by atoms with E-state index in [2.05, 4.69) is 10.6 Å². The number of carbonyl (C=O) groups excluding carboxylic acids is 1. The van der Waals surface area contributed by atoms with Gasteiger partial charge in [-0.2, -0.15) is 0 Å². The Kier molecular flexibility index (Phi) is 4.72. The summed E-state index contributed by atoms with van der Waals surface area (Å²) in [4.78, 5) is 22.7. The van der Waals surface area contributed by atoms with Gasteiger partial charge in [0.1, 0.15) is 0 Å². The van der Waals surface area contributed by atoms with Gasteiger partial charge in [0.15, 0.2) is 0 Å². The molecule has 0 atom stereocenters. The lowest BCUT2D eigenvalue weighted by Gasteiger charge is -2.07. The molecule has 0 bridgehead atoms. The van der Waals surface area contributed by atoms with Crippen molar-refractivity contribution in [2.24, 2.45) is 0 Å². The molecule has 1 rings (SSSR count). The Morgan fingerprint density at radius 1 is 1.44 bits per heavy atom. The predicted molar refractivity (Wildman–Crippen MR) is 63.5 cm³/mol. The molecule has 5 nitrogen and oxygen atoms in total. The highest BCUT2D eigenvalue weighted by Gasteiger charge is 2.02. The van der Waals surface area contributed by atoms with E-state index in [0.717, 1.165) is 0 Å². The van der Waals surface area contributed by atoms with E-state index in [1.165, 1.54) is 6.07 Å². The number of hydrogen-bond acceptors (Lipinski definition) is 3. The normalized spacial score (nSPS) is 10.1. The third kappa shape index (κ3) is 3.51. The monoisotopic (exact) mass is 223 g/mol. The van der Waals surface area contributed by atoms with Crippen molar-refractivity contribution < 1.29 is 4.79 Å². The number of anilines is 1. The van der Waals surface area contributed by atoms with Crippen LogP contribution in [0.2, 0.25) is 0 Å². The Bertz CT molecular complexity index is 412. The fourth-order valence-corrected chi connectivity index (χ4v) is 1.31. The number of hydrogen-bond donors (Lipinski definition) is 2. The maximum Gasteiger partial charge on any atom is 0.250 e. The van der Waals surface area contributed by atoms with Crippen LogP contribution in [-0.2, 0) is 11.3 Å². The van der Waals surface area contributed by atoms with Crippen LogP contribution in [-0.4, -0.2) is 24.1 Å². The minimum Gasteiger partial charge on any atom is -0.325 e. The molecule has 0 saturated heterocycles. The van der Waals surface area contributed by atoms with E-state index in [0.29, 0.717) is 25.2 Å². The molecule has 88 valence electrons. The van der Waals surface area contributed by atoms with Gasteiger partial charge >= 0.3 is 0 Å². The molecule has 0 aliphatic carbocycles. The fraction of sp³-hybridized carbons (Fsp3) is 0.455. The summed E-state index contributed by atoms with van der Waals surface area (Å²) in [6.45, 7) is 3.12. The van der Waals surface area contributed by atoms with Gasteiger partial charge in [-0.1, -0.05) is 0 Å². The number of nitrogens with zero attached hydrogens (tertiary/aromatic N) is 1. The number of aryl methyl sites for hydroxylation is 1. The summed E-state index contributed by atoms with van der Waals surface area (Å²) in [5, 5.41) is 5.64. The quantitative estimate of drug-likeness (QED) is 0.760. The van der Waals surface area contributed by atoms with Crippen LogP contribution in [0.1, 0.15) is 13.3 Å². The van der Waals surface area contributed by atoms with Crippen LogP contribution >= 0.6 is 0 Å². The van der Waals surface area contributed by atoms with E-state index < -0.39 is 0 Å². The molecule has 0 aliphatic heterocycles. The van der Waals surface area contributed by atoms with Crippen molar-refractivity contribution >= 4 is 11.6 Å². The molecular formula is C11H17N3O2. The van der Waals surface area contributed by atoms with Gasteiger partial charge in [0.25, 0.3) is 5.56 Å². The highest BCUT2D eigenvalue weighted by atomic mass is 16.1. The Morgan fingerprint density at radius 3 is 2.81 bits per heavy atom. The van der Waals surface area contributed by atoms with Gasteiger partial charge in [0.2, 0.25) is 5.91 Å². The zero-order valence-corrected chi connectivity index (χ0v) is 9.62. The van der Waals surface area contributed by atoms with Crippen molar-refractivity contribution in [1.29, 1.82) is 0 Å². The van der Waals surface area contributed by atoms with Crippen LogP contribution in [0.3, 0.4) is 0 Å². The van der Waals surface area contributed by atoms with Crippen molar-refractivity contribution in [2.45, 2.75) is 19.9 Å². The first-order chi connectivity index (χ1) is 7.67. The maximum absolute atomic E-state index is 11.4. The van der Waals surface area contributed by atoms with Crippen LogP contribution in [0.15, 0.2) is 23.1 Å². The van der Waals surface area contributed by atoms with Crippen LogP contribution in [0, 0.1) is 0 Å². The summed E-state index contributed by atoms with van der Waals surface area (Å²) in [5.41, 5.74) is 0.596. The summed E-state index contributed by atoms with van der Waals surface area (Å²) in [7, 11) is 1.80. The molecule has 2 N–H and O–H groups in total. The first-order valence-corrected chi connectivity index (χ1v) is 5.32. The van der Waals surface area contributed by atoms with Crippen LogP contribution < -0.4 is 16.2 Å². The highest BCUT2D eigenvalue weighted by molar-refractivity contribution is 5.90. The van der Waals surface area contributed by atoms with Crippen LogP contribution in [0.25, 0.3) is 0 Å². The molecule has 0 spiro atoms. The first-order valence-electron chi connectivity index (χ1n) is 5.32. The molecular weight excluding hydrogens is 206 g/mol. The van der Waals surface area contributed by atoms with Gasteiger partial charge in [0.05, 0.1) is 5.69 Å². The lowest BCUT2D eigenvalue weighted by Crippen LogP contribution is -2.21.